The zero-order chi connectivity index (χ0) is 23.6. The summed E-state index contributed by atoms with van der Waals surface area (Å²) in [4.78, 5) is 19.8. The van der Waals surface area contributed by atoms with E-state index in [1.54, 1.807) is 0 Å². The average Bonchev–Trinajstić information content (AvgIpc) is 2.47. The number of aliphatic carboxylic acids is 2. The zero-order valence-corrected chi connectivity index (χ0v) is 20.8. The van der Waals surface area contributed by atoms with E-state index in [1.807, 2.05) is 0 Å². The molecule has 4 N–H and O–H groups in total. The topological polar surface area (TPSA) is 98.7 Å². The van der Waals surface area contributed by atoms with Crippen molar-refractivity contribution in [3.8, 4) is 0 Å². The molecule has 0 unspecified atom stereocenters. The van der Waals surface area contributed by atoms with E-state index in [4.69, 9.17) is 10.2 Å². The highest BCUT2D eigenvalue weighted by molar-refractivity contribution is 5.67. The molecule has 2 saturated heterocycles. The van der Waals surface area contributed by atoms with E-state index in [1.165, 1.54) is 38.5 Å². The molecular weight excluding hydrogens is 380 g/mol. The van der Waals surface area contributed by atoms with Gasteiger partial charge in [-0.15, -0.1) is 0 Å². The third-order valence-electron chi connectivity index (χ3n) is 5.59. The molecule has 0 spiro atoms. The molecule has 0 saturated carbocycles. The first-order valence-electron chi connectivity index (χ1n) is 11.5. The van der Waals surface area contributed by atoms with Gasteiger partial charge in [-0.1, -0.05) is 0 Å². The lowest BCUT2D eigenvalue weighted by Gasteiger charge is -2.42. The van der Waals surface area contributed by atoms with Crippen molar-refractivity contribution >= 4 is 11.9 Å². The molecule has 0 atom stereocenters. The number of hydrogen-bond acceptors (Lipinski definition) is 4. The first-order chi connectivity index (χ1) is 13.5. The lowest BCUT2D eigenvalue weighted by molar-refractivity contribution is -0.139. The molecule has 178 valence electrons. The van der Waals surface area contributed by atoms with Gasteiger partial charge in [-0.2, -0.15) is 0 Å². The minimum atomic E-state index is -0.870. The molecule has 30 heavy (non-hydrogen) atoms. The molecule has 0 aliphatic carbocycles. The number of unbranched alkanes of at least 4 members (excludes halogenated alkanes) is 1. The predicted molar refractivity (Wildman–Crippen MR) is 124 cm³/mol. The van der Waals surface area contributed by atoms with Gasteiger partial charge in [-0.05, 0) is 107 Å². The number of carboxylic acids is 2. The Labute approximate surface area is 184 Å². The number of nitrogens with one attached hydrogen (secondary N) is 2. The van der Waals surface area contributed by atoms with Crippen molar-refractivity contribution in [1.82, 2.24) is 10.6 Å². The average molecular weight is 429 g/mol. The fourth-order valence-corrected chi connectivity index (χ4v) is 4.58. The van der Waals surface area contributed by atoms with E-state index in [-0.39, 0.29) is 12.8 Å². The summed E-state index contributed by atoms with van der Waals surface area (Å²) in [6.45, 7) is 18.3. The van der Waals surface area contributed by atoms with Crippen LogP contribution in [0.15, 0.2) is 0 Å². The summed E-state index contributed by atoms with van der Waals surface area (Å²) in [6.07, 6.45) is 9.02. The van der Waals surface area contributed by atoms with Crippen LogP contribution >= 0.6 is 0 Å². The van der Waals surface area contributed by atoms with Crippen molar-refractivity contribution in [2.45, 2.75) is 142 Å². The SMILES string of the molecule is CC1(C)CCCC(C)(C)N1.CC1(C)CCCC(C)(C)N1.O=C(O)CCCCC(=O)O. The first kappa shape index (κ1) is 28.9. The minimum absolute atomic E-state index is 0.0628. The van der Waals surface area contributed by atoms with Gasteiger partial charge >= 0.3 is 11.9 Å². The maximum absolute atomic E-state index is 9.90. The Balaban J connectivity index is 0.000000420. The summed E-state index contributed by atoms with van der Waals surface area (Å²) in [5.41, 5.74) is 1.45. The Morgan fingerprint density at radius 1 is 0.600 bits per heavy atom. The second-order valence-corrected chi connectivity index (χ2v) is 11.5. The summed E-state index contributed by atoms with van der Waals surface area (Å²) in [5, 5.41) is 23.5. The van der Waals surface area contributed by atoms with E-state index >= 15 is 0 Å². The van der Waals surface area contributed by atoms with Crippen LogP contribution in [0.3, 0.4) is 0 Å². The normalized spacial score (nSPS) is 23.1. The fraction of sp³-hybridized carbons (Fsp3) is 0.917. The predicted octanol–water partition coefficient (Wildman–Crippen LogP) is 5.35. The molecular formula is C24H48N2O4. The van der Waals surface area contributed by atoms with Crippen LogP contribution in [0.4, 0.5) is 0 Å². The van der Waals surface area contributed by atoms with Crippen LogP contribution in [0.25, 0.3) is 0 Å². The Morgan fingerprint density at radius 2 is 0.833 bits per heavy atom. The zero-order valence-electron chi connectivity index (χ0n) is 20.8. The van der Waals surface area contributed by atoms with Crippen LogP contribution in [0.5, 0.6) is 0 Å². The highest BCUT2D eigenvalue weighted by atomic mass is 16.4. The summed E-state index contributed by atoms with van der Waals surface area (Å²) in [6, 6.07) is 0. The molecule has 2 heterocycles. The molecule has 2 fully saturated rings. The standard InChI is InChI=1S/2C9H19N.C6H10O4/c2*1-8(2)6-5-7-9(3,4)10-8;7-5(8)3-1-2-4-6(9)10/h2*10H,5-7H2,1-4H3;1-4H2,(H,7,8)(H,9,10). The molecule has 6 nitrogen and oxygen atoms in total. The summed E-state index contributed by atoms with van der Waals surface area (Å²) < 4.78 is 0. The number of piperidine rings is 2. The monoisotopic (exact) mass is 428 g/mol. The van der Waals surface area contributed by atoms with Gasteiger partial charge in [0.25, 0.3) is 0 Å². The number of hydrogen-bond donors (Lipinski definition) is 4. The van der Waals surface area contributed by atoms with E-state index in [9.17, 15) is 9.59 Å². The molecule has 6 heteroatoms. The smallest absolute Gasteiger partial charge is 0.303 e. The Kier molecular flexibility index (Phi) is 11.6. The lowest BCUT2D eigenvalue weighted by Crippen LogP contribution is -2.55. The third-order valence-corrected chi connectivity index (χ3v) is 5.59. The van der Waals surface area contributed by atoms with Gasteiger partial charge in [-0.3, -0.25) is 9.59 Å². The highest BCUT2D eigenvalue weighted by Gasteiger charge is 2.32. The van der Waals surface area contributed by atoms with Crippen molar-refractivity contribution in [3.05, 3.63) is 0 Å². The maximum Gasteiger partial charge on any atom is 0.303 e. The molecule has 0 aromatic rings. The van der Waals surface area contributed by atoms with E-state index in [0.29, 0.717) is 35.0 Å². The van der Waals surface area contributed by atoms with Crippen molar-refractivity contribution < 1.29 is 19.8 Å². The Bertz CT molecular complexity index is 463. The Morgan fingerprint density at radius 3 is 0.967 bits per heavy atom. The van der Waals surface area contributed by atoms with Crippen LogP contribution in [-0.2, 0) is 9.59 Å². The molecule has 0 bridgehead atoms. The summed E-state index contributed by atoms with van der Waals surface area (Å²) >= 11 is 0. The first-order valence-corrected chi connectivity index (χ1v) is 11.5. The molecule has 0 radical (unpaired) electrons. The number of carbonyl (C=O) groups is 2. The van der Waals surface area contributed by atoms with Crippen LogP contribution in [0.1, 0.15) is 120 Å². The second kappa shape index (κ2) is 12.0. The van der Waals surface area contributed by atoms with Crippen LogP contribution < -0.4 is 10.6 Å². The summed E-state index contributed by atoms with van der Waals surface area (Å²) in [7, 11) is 0. The van der Waals surface area contributed by atoms with Gasteiger partial charge in [-0.25, -0.2) is 0 Å². The van der Waals surface area contributed by atoms with Gasteiger partial charge in [0.05, 0.1) is 0 Å². The molecule has 2 aliphatic heterocycles. The van der Waals surface area contributed by atoms with Gasteiger partial charge in [0, 0.05) is 35.0 Å². The molecule has 2 rings (SSSR count). The van der Waals surface area contributed by atoms with Gasteiger partial charge in [0.1, 0.15) is 0 Å². The Hall–Kier alpha value is -1.14. The summed E-state index contributed by atoms with van der Waals surface area (Å²) in [5.74, 6) is -1.74. The number of carboxylic acid groups (broad SMARTS) is 2. The molecule has 0 aromatic heterocycles. The lowest BCUT2D eigenvalue weighted by atomic mass is 9.83. The molecule has 2 aliphatic rings. The quantitative estimate of drug-likeness (QED) is 0.441. The van der Waals surface area contributed by atoms with Gasteiger partial charge in [0.15, 0.2) is 0 Å². The molecule has 0 aromatic carbocycles. The number of rotatable bonds is 5. The van der Waals surface area contributed by atoms with Crippen molar-refractivity contribution in [2.24, 2.45) is 0 Å². The van der Waals surface area contributed by atoms with E-state index in [0.717, 1.165) is 0 Å². The van der Waals surface area contributed by atoms with Crippen molar-refractivity contribution in [3.63, 3.8) is 0 Å². The maximum atomic E-state index is 9.90. The van der Waals surface area contributed by atoms with Crippen LogP contribution in [0.2, 0.25) is 0 Å². The van der Waals surface area contributed by atoms with Crippen molar-refractivity contribution in [2.75, 3.05) is 0 Å². The minimum Gasteiger partial charge on any atom is -0.481 e. The van der Waals surface area contributed by atoms with Crippen LogP contribution in [0, 0.1) is 0 Å². The molecule has 0 amide bonds. The van der Waals surface area contributed by atoms with E-state index in [2.05, 4.69) is 66.0 Å². The van der Waals surface area contributed by atoms with Crippen LogP contribution in [-0.4, -0.2) is 44.3 Å². The van der Waals surface area contributed by atoms with Gasteiger partial charge < -0.3 is 20.8 Å². The highest BCUT2D eigenvalue weighted by Crippen LogP contribution is 2.28. The van der Waals surface area contributed by atoms with Gasteiger partial charge in [0.2, 0.25) is 0 Å². The second-order valence-electron chi connectivity index (χ2n) is 11.5. The largest absolute Gasteiger partial charge is 0.481 e. The third kappa shape index (κ3) is 15.7. The van der Waals surface area contributed by atoms with E-state index < -0.39 is 11.9 Å². The fourth-order valence-electron chi connectivity index (χ4n) is 4.58. The van der Waals surface area contributed by atoms with Crippen molar-refractivity contribution in [1.29, 1.82) is 0 Å².